The van der Waals surface area contributed by atoms with E-state index in [0.717, 1.165) is 18.3 Å². The molecule has 12 heteroatoms. The highest BCUT2D eigenvalue weighted by Gasteiger charge is 2.17. The van der Waals surface area contributed by atoms with Crippen molar-refractivity contribution >= 4 is 58.6 Å². The number of hydrogen-bond donors (Lipinski definition) is 2. The van der Waals surface area contributed by atoms with Gasteiger partial charge in [0, 0.05) is 39.9 Å². The molecule has 2 N–H and O–H groups in total. The van der Waals surface area contributed by atoms with Gasteiger partial charge in [-0.1, -0.05) is 37.0 Å². The molecular formula is C25H20Cl2N4O6. The molecule has 3 rings (SSSR count). The predicted octanol–water partition coefficient (Wildman–Crippen LogP) is 5.48. The molecule has 0 radical (unpaired) electrons. The van der Waals surface area contributed by atoms with Gasteiger partial charge in [0.05, 0.1) is 21.7 Å². The van der Waals surface area contributed by atoms with Gasteiger partial charge in [-0.15, -0.1) is 0 Å². The van der Waals surface area contributed by atoms with E-state index < -0.39 is 16.8 Å². The molecule has 0 saturated heterocycles. The van der Waals surface area contributed by atoms with Crippen molar-refractivity contribution in [3.63, 3.8) is 0 Å². The Bertz CT molecular complexity index is 1390. The molecule has 0 aliphatic carbocycles. The van der Waals surface area contributed by atoms with E-state index in [4.69, 9.17) is 27.9 Å². The van der Waals surface area contributed by atoms with Gasteiger partial charge in [0.2, 0.25) is 5.91 Å². The smallest absolute Gasteiger partial charge is 0.345 e. The van der Waals surface area contributed by atoms with Gasteiger partial charge in [-0.2, -0.15) is 5.10 Å². The number of anilines is 1. The molecule has 10 nitrogen and oxygen atoms in total. The number of nitro groups is 1. The van der Waals surface area contributed by atoms with Crippen molar-refractivity contribution in [1.82, 2.24) is 5.43 Å². The molecule has 0 bridgehead atoms. The molecule has 0 aromatic heterocycles. The molecule has 0 fully saturated rings. The van der Waals surface area contributed by atoms with E-state index in [0.29, 0.717) is 10.7 Å². The Morgan fingerprint density at radius 3 is 2.35 bits per heavy atom. The maximum absolute atomic E-state index is 12.6. The van der Waals surface area contributed by atoms with Crippen LogP contribution in [-0.2, 0) is 4.79 Å². The number of non-ortho nitro benzene ring substituents is 1. The van der Waals surface area contributed by atoms with Crippen molar-refractivity contribution in [2.45, 2.75) is 13.8 Å². The first-order valence-corrected chi connectivity index (χ1v) is 11.5. The summed E-state index contributed by atoms with van der Waals surface area (Å²) >= 11 is 11.9. The first kappa shape index (κ1) is 27.3. The Morgan fingerprint density at radius 2 is 1.73 bits per heavy atom. The molecule has 0 heterocycles. The molecule has 0 aliphatic heterocycles. The number of rotatable bonds is 8. The fourth-order valence-electron chi connectivity index (χ4n) is 2.87. The topological polar surface area (TPSA) is 140 Å². The number of carbonyl (C=O) groups is 3. The highest BCUT2D eigenvalue weighted by atomic mass is 35.5. The highest BCUT2D eigenvalue weighted by molar-refractivity contribution is 6.36. The summed E-state index contributed by atoms with van der Waals surface area (Å²) in [5.41, 5.74) is 2.89. The van der Waals surface area contributed by atoms with Crippen molar-refractivity contribution in [2.75, 3.05) is 5.32 Å². The average Bonchev–Trinajstić information content (AvgIpc) is 2.85. The van der Waals surface area contributed by atoms with Gasteiger partial charge in [-0.3, -0.25) is 19.7 Å². The standard InChI is InChI=1S/C25H20Cl2N4O6/c1-14(2)23(32)29-18-6-3-15(4-7-18)24(33)30-28-13-16-11-19(31(35)36)8-10-22(16)37-25(34)20-9-5-17(26)12-21(20)27/h3-14H,1-2H3,(H,29,32)(H,30,33)/b28-13+. The third-order valence-corrected chi connectivity index (χ3v) is 5.41. The van der Waals surface area contributed by atoms with E-state index in [-0.39, 0.29) is 45.0 Å². The predicted molar refractivity (Wildman–Crippen MR) is 139 cm³/mol. The lowest BCUT2D eigenvalue weighted by atomic mass is 10.1. The Hall–Kier alpha value is -4.28. The second-order valence-corrected chi connectivity index (χ2v) is 8.76. The maximum Gasteiger partial charge on any atom is 0.345 e. The monoisotopic (exact) mass is 542 g/mol. The van der Waals surface area contributed by atoms with Gasteiger partial charge in [0.15, 0.2) is 0 Å². The molecule has 0 spiro atoms. The Balaban J connectivity index is 1.75. The molecule has 0 aliphatic rings. The van der Waals surface area contributed by atoms with Gasteiger partial charge in [-0.05, 0) is 48.5 Å². The minimum Gasteiger partial charge on any atom is -0.422 e. The van der Waals surface area contributed by atoms with Gasteiger partial charge in [-0.25, -0.2) is 10.2 Å². The van der Waals surface area contributed by atoms with Crippen LogP contribution in [-0.4, -0.2) is 28.9 Å². The van der Waals surface area contributed by atoms with E-state index >= 15 is 0 Å². The number of hydrogen-bond acceptors (Lipinski definition) is 7. The largest absolute Gasteiger partial charge is 0.422 e. The van der Waals surface area contributed by atoms with Crippen LogP contribution in [0.3, 0.4) is 0 Å². The lowest BCUT2D eigenvalue weighted by Gasteiger charge is -2.09. The van der Waals surface area contributed by atoms with Crippen LogP contribution in [0.4, 0.5) is 11.4 Å². The van der Waals surface area contributed by atoms with E-state index in [1.54, 1.807) is 26.0 Å². The van der Waals surface area contributed by atoms with E-state index in [2.05, 4.69) is 15.8 Å². The van der Waals surface area contributed by atoms with Crippen LogP contribution in [0, 0.1) is 16.0 Å². The van der Waals surface area contributed by atoms with E-state index in [1.807, 2.05) is 0 Å². The zero-order valence-corrected chi connectivity index (χ0v) is 21.0. The first-order chi connectivity index (χ1) is 17.5. The van der Waals surface area contributed by atoms with Gasteiger partial charge < -0.3 is 10.1 Å². The highest BCUT2D eigenvalue weighted by Crippen LogP contribution is 2.26. The summed E-state index contributed by atoms with van der Waals surface area (Å²) < 4.78 is 5.36. The van der Waals surface area contributed by atoms with Crippen LogP contribution in [0.5, 0.6) is 5.75 Å². The van der Waals surface area contributed by atoms with Crippen molar-refractivity contribution in [3.05, 3.63) is 97.5 Å². The number of nitrogens with zero attached hydrogens (tertiary/aromatic N) is 2. The van der Waals surface area contributed by atoms with Crippen molar-refractivity contribution in [1.29, 1.82) is 0 Å². The zero-order valence-electron chi connectivity index (χ0n) is 19.5. The number of benzene rings is 3. The number of esters is 1. The van der Waals surface area contributed by atoms with Gasteiger partial charge in [0.25, 0.3) is 11.6 Å². The molecule has 190 valence electrons. The summed E-state index contributed by atoms with van der Waals surface area (Å²) in [6, 6.07) is 13.9. The maximum atomic E-state index is 12.6. The number of nitrogens with one attached hydrogen (secondary N) is 2. The van der Waals surface area contributed by atoms with Gasteiger partial charge >= 0.3 is 5.97 Å². The Morgan fingerprint density at radius 1 is 1.03 bits per heavy atom. The van der Waals surface area contributed by atoms with Crippen molar-refractivity contribution in [3.8, 4) is 5.75 Å². The summed E-state index contributed by atoms with van der Waals surface area (Å²) in [6.45, 7) is 3.52. The minimum absolute atomic E-state index is 0.0358. The van der Waals surface area contributed by atoms with Crippen LogP contribution >= 0.6 is 23.2 Å². The number of halogens is 2. The average molecular weight is 543 g/mol. The summed E-state index contributed by atoms with van der Waals surface area (Å²) in [7, 11) is 0. The SMILES string of the molecule is CC(C)C(=O)Nc1ccc(C(=O)N/N=C/c2cc([N+](=O)[O-])ccc2OC(=O)c2ccc(Cl)cc2Cl)cc1. The number of carbonyl (C=O) groups excluding carboxylic acids is 3. The molecular weight excluding hydrogens is 523 g/mol. The number of nitro benzene ring substituents is 1. The molecule has 3 aromatic carbocycles. The van der Waals surface area contributed by atoms with E-state index in [9.17, 15) is 24.5 Å². The van der Waals surface area contributed by atoms with Crippen LogP contribution in [0.1, 0.15) is 40.1 Å². The van der Waals surface area contributed by atoms with Crippen LogP contribution < -0.4 is 15.5 Å². The first-order valence-electron chi connectivity index (χ1n) is 10.7. The third kappa shape index (κ3) is 7.35. The second kappa shape index (κ2) is 12.1. The van der Waals surface area contributed by atoms with Crippen molar-refractivity contribution in [2.24, 2.45) is 11.0 Å². The number of ether oxygens (including phenoxy) is 1. The Kier molecular flexibility index (Phi) is 8.94. The minimum atomic E-state index is -0.821. The second-order valence-electron chi connectivity index (χ2n) is 7.91. The molecule has 0 unspecified atom stereocenters. The fourth-order valence-corrected chi connectivity index (χ4v) is 3.36. The van der Waals surface area contributed by atoms with E-state index in [1.165, 1.54) is 36.4 Å². The molecule has 37 heavy (non-hydrogen) atoms. The van der Waals surface area contributed by atoms with Crippen LogP contribution in [0.2, 0.25) is 10.0 Å². The summed E-state index contributed by atoms with van der Waals surface area (Å²) in [4.78, 5) is 47.4. The lowest BCUT2D eigenvalue weighted by molar-refractivity contribution is -0.384. The molecule has 0 saturated carbocycles. The number of hydrazone groups is 1. The van der Waals surface area contributed by atoms with Gasteiger partial charge in [0.1, 0.15) is 5.75 Å². The lowest BCUT2D eigenvalue weighted by Crippen LogP contribution is -2.19. The molecule has 0 atom stereocenters. The summed E-state index contributed by atoms with van der Waals surface area (Å²) in [5, 5.41) is 18.2. The Labute approximate surface area is 221 Å². The zero-order chi connectivity index (χ0) is 27.1. The third-order valence-electron chi connectivity index (χ3n) is 4.87. The summed E-state index contributed by atoms with van der Waals surface area (Å²) in [5.74, 6) is -1.80. The van der Waals surface area contributed by atoms with Crippen molar-refractivity contribution < 1.29 is 24.0 Å². The van der Waals surface area contributed by atoms with Crippen LogP contribution in [0.15, 0.2) is 65.8 Å². The quantitative estimate of drug-likeness (QED) is 0.127. The molecule has 2 amide bonds. The fraction of sp³-hybridized carbons (Fsp3) is 0.120. The molecule has 3 aromatic rings. The number of amides is 2. The van der Waals surface area contributed by atoms with Crippen LogP contribution in [0.25, 0.3) is 0 Å². The normalized spacial score (nSPS) is 10.8. The summed E-state index contributed by atoms with van der Waals surface area (Å²) in [6.07, 6.45) is 1.11.